The summed E-state index contributed by atoms with van der Waals surface area (Å²) >= 11 is 0. The summed E-state index contributed by atoms with van der Waals surface area (Å²) in [5.41, 5.74) is 2.69. The number of para-hydroxylation sites is 1. The van der Waals surface area contributed by atoms with E-state index in [1.807, 2.05) is 43.3 Å². The van der Waals surface area contributed by atoms with Crippen molar-refractivity contribution in [2.75, 3.05) is 5.32 Å². The lowest BCUT2D eigenvalue weighted by Crippen LogP contribution is -2.30. The van der Waals surface area contributed by atoms with Gasteiger partial charge in [-0.3, -0.25) is 5.32 Å². The van der Waals surface area contributed by atoms with Crippen molar-refractivity contribution in [3.8, 4) is 0 Å². The Kier molecular flexibility index (Phi) is 5.41. The lowest BCUT2D eigenvalue weighted by atomic mass is 10.1. The SMILES string of the molecule is C[C@@H](NC(Nc1ccccc1)c1ccc(F)cc1)c1cccc(F)c1. The van der Waals surface area contributed by atoms with Gasteiger partial charge in [0.05, 0.1) is 0 Å². The molecule has 3 aromatic carbocycles. The fourth-order valence-corrected chi connectivity index (χ4v) is 2.70. The van der Waals surface area contributed by atoms with Crippen LogP contribution >= 0.6 is 0 Å². The van der Waals surface area contributed by atoms with Gasteiger partial charge in [0.2, 0.25) is 0 Å². The maximum absolute atomic E-state index is 13.5. The summed E-state index contributed by atoms with van der Waals surface area (Å²) in [6.07, 6.45) is -0.249. The highest BCUT2D eigenvalue weighted by Crippen LogP contribution is 2.22. The number of anilines is 1. The van der Waals surface area contributed by atoms with Gasteiger partial charge in [-0.05, 0) is 54.4 Å². The third-order valence-corrected chi connectivity index (χ3v) is 4.05. The van der Waals surface area contributed by atoms with E-state index in [9.17, 15) is 8.78 Å². The van der Waals surface area contributed by atoms with E-state index >= 15 is 0 Å². The molecule has 0 spiro atoms. The third-order valence-electron chi connectivity index (χ3n) is 4.05. The number of hydrogen-bond donors (Lipinski definition) is 2. The first-order chi connectivity index (χ1) is 12.1. The van der Waals surface area contributed by atoms with Crippen LogP contribution < -0.4 is 10.6 Å². The predicted molar refractivity (Wildman–Crippen MR) is 97.2 cm³/mol. The van der Waals surface area contributed by atoms with Crippen molar-refractivity contribution in [3.63, 3.8) is 0 Å². The summed E-state index contributed by atoms with van der Waals surface area (Å²) in [7, 11) is 0. The van der Waals surface area contributed by atoms with E-state index in [1.54, 1.807) is 18.2 Å². The van der Waals surface area contributed by atoms with Crippen molar-refractivity contribution >= 4 is 5.69 Å². The van der Waals surface area contributed by atoms with Gasteiger partial charge in [-0.1, -0.05) is 42.5 Å². The highest BCUT2D eigenvalue weighted by atomic mass is 19.1. The van der Waals surface area contributed by atoms with Crippen molar-refractivity contribution in [1.82, 2.24) is 5.32 Å². The van der Waals surface area contributed by atoms with E-state index in [0.29, 0.717) is 0 Å². The van der Waals surface area contributed by atoms with Crippen LogP contribution in [-0.2, 0) is 0 Å². The monoisotopic (exact) mass is 338 g/mol. The van der Waals surface area contributed by atoms with E-state index in [4.69, 9.17) is 0 Å². The zero-order valence-corrected chi connectivity index (χ0v) is 13.9. The summed E-state index contributed by atoms with van der Waals surface area (Å²) in [5, 5.41) is 6.85. The summed E-state index contributed by atoms with van der Waals surface area (Å²) in [5.74, 6) is -0.541. The second-order valence-corrected chi connectivity index (χ2v) is 5.94. The van der Waals surface area contributed by atoms with E-state index in [-0.39, 0.29) is 23.8 Å². The Morgan fingerprint density at radius 2 is 1.44 bits per heavy atom. The molecule has 0 amide bonds. The number of rotatable bonds is 6. The molecule has 0 heterocycles. The first kappa shape index (κ1) is 17.1. The maximum atomic E-state index is 13.5. The average Bonchev–Trinajstić information content (AvgIpc) is 2.62. The number of nitrogens with one attached hydrogen (secondary N) is 2. The zero-order chi connectivity index (χ0) is 17.6. The first-order valence-electron chi connectivity index (χ1n) is 8.20. The molecule has 2 atom stereocenters. The number of benzene rings is 3. The van der Waals surface area contributed by atoms with Gasteiger partial charge in [-0.2, -0.15) is 0 Å². The van der Waals surface area contributed by atoms with E-state index < -0.39 is 0 Å². The highest BCUT2D eigenvalue weighted by molar-refractivity contribution is 5.45. The Morgan fingerprint density at radius 1 is 0.720 bits per heavy atom. The van der Waals surface area contributed by atoms with Crippen LogP contribution in [0.3, 0.4) is 0 Å². The lowest BCUT2D eigenvalue weighted by molar-refractivity contribution is 0.499. The molecule has 0 aliphatic carbocycles. The molecule has 0 aromatic heterocycles. The van der Waals surface area contributed by atoms with Crippen LogP contribution in [-0.4, -0.2) is 0 Å². The zero-order valence-electron chi connectivity index (χ0n) is 13.9. The lowest BCUT2D eigenvalue weighted by Gasteiger charge is -2.26. The summed E-state index contributed by atoms with van der Waals surface area (Å²) in [4.78, 5) is 0. The van der Waals surface area contributed by atoms with Crippen LogP contribution in [0.5, 0.6) is 0 Å². The Hall–Kier alpha value is -2.72. The summed E-state index contributed by atoms with van der Waals surface area (Å²) < 4.78 is 26.8. The van der Waals surface area contributed by atoms with Gasteiger partial charge in [0, 0.05) is 11.7 Å². The van der Waals surface area contributed by atoms with Crippen LogP contribution in [0.25, 0.3) is 0 Å². The van der Waals surface area contributed by atoms with Gasteiger partial charge in [-0.15, -0.1) is 0 Å². The van der Waals surface area contributed by atoms with Gasteiger partial charge in [-0.25, -0.2) is 8.78 Å². The minimum Gasteiger partial charge on any atom is -0.366 e. The fraction of sp³-hybridized carbons (Fsp3) is 0.143. The molecule has 0 radical (unpaired) electrons. The number of halogens is 2. The highest BCUT2D eigenvalue weighted by Gasteiger charge is 2.16. The van der Waals surface area contributed by atoms with E-state index in [1.165, 1.54) is 24.3 Å². The van der Waals surface area contributed by atoms with Gasteiger partial charge >= 0.3 is 0 Å². The molecule has 25 heavy (non-hydrogen) atoms. The molecular weight excluding hydrogens is 318 g/mol. The van der Waals surface area contributed by atoms with Crippen LogP contribution in [0.2, 0.25) is 0 Å². The fourth-order valence-electron chi connectivity index (χ4n) is 2.70. The smallest absolute Gasteiger partial charge is 0.123 e. The maximum Gasteiger partial charge on any atom is 0.123 e. The van der Waals surface area contributed by atoms with Crippen molar-refractivity contribution in [3.05, 3.63) is 102 Å². The molecule has 0 saturated carbocycles. The Balaban J connectivity index is 1.84. The van der Waals surface area contributed by atoms with Crippen molar-refractivity contribution in [1.29, 1.82) is 0 Å². The van der Waals surface area contributed by atoms with Gasteiger partial charge in [0.25, 0.3) is 0 Å². The van der Waals surface area contributed by atoms with Crippen LogP contribution in [0.15, 0.2) is 78.9 Å². The van der Waals surface area contributed by atoms with E-state index in [2.05, 4.69) is 10.6 Å². The molecular formula is C21H20F2N2. The molecule has 0 saturated heterocycles. The average molecular weight is 338 g/mol. The van der Waals surface area contributed by atoms with Crippen LogP contribution in [0.1, 0.15) is 30.3 Å². The molecule has 0 fully saturated rings. The number of hydrogen-bond acceptors (Lipinski definition) is 2. The largest absolute Gasteiger partial charge is 0.366 e. The molecule has 0 aliphatic heterocycles. The van der Waals surface area contributed by atoms with Gasteiger partial charge in [0.15, 0.2) is 0 Å². The molecule has 0 aliphatic rings. The van der Waals surface area contributed by atoms with Crippen molar-refractivity contribution in [2.24, 2.45) is 0 Å². The first-order valence-corrected chi connectivity index (χ1v) is 8.20. The van der Waals surface area contributed by atoms with Gasteiger partial charge in [0.1, 0.15) is 17.8 Å². The normalized spacial score (nSPS) is 13.2. The Morgan fingerprint density at radius 3 is 2.12 bits per heavy atom. The van der Waals surface area contributed by atoms with Crippen LogP contribution in [0.4, 0.5) is 14.5 Å². The van der Waals surface area contributed by atoms with E-state index in [0.717, 1.165) is 16.8 Å². The topological polar surface area (TPSA) is 24.1 Å². The second-order valence-electron chi connectivity index (χ2n) is 5.94. The summed E-state index contributed by atoms with van der Waals surface area (Å²) in [6.45, 7) is 1.97. The van der Waals surface area contributed by atoms with Crippen LogP contribution in [0, 0.1) is 11.6 Å². The Bertz CT molecular complexity index is 804. The molecule has 3 aromatic rings. The molecule has 4 heteroatoms. The molecule has 2 N–H and O–H groups in total. The Labute approximate surface area is 146 Å². The third kappa shape index (κ3) is 4.64. The predicted octanol–water partition coefficient (Wildman–Crippen LogP) is 5.43. The summed E-state index contributed by atoms with van der Waals surface area (Å²) in [6, 6.07) is 22.5. The minimum atomic E-state index is -0.277. The molecule has 0 bridgehead atoms. The quantitative estimate of drug-likeness (QED) is 0.586. The standard InChI is InChI=1S/C21H20F2N2/c1-15(17-6-5-7-19(23)14-17)24-21(16-10-12-18(22)13-11-16)25-20-8-3-2-4-9-20/h2-15,21,24-25H,1H3/t15-,21?/m1/s1. The molecule has 3 rings (SSSR count). The van der Waals surface area contributed by atoms with Crippen molar-refractivity contribution < 1.29 is 8.78 Å². The molecule has 128 valence electrons. The van der Waals surface area contributed by atoms with Gasteiger partial charge < -0.3 is 5.32 Å². The molecule has 1 unspecified atom stereocenters. The second kappa shape index (κ2) is 7.90. The minimum absolute atomic E-state index is 0.0954. The van der Waals surface area contributed by atoms with Crippen molar-refractivity contribution in [2.45, 2.75) is 19.1 Å². The molecule has 2 nitrogen and oxygen atoms in total.